The van der Waals surface area contributed by atoms with Gasteiger partial charge in [0.05, 0.1) is 21.8 Å². The van der Waals surface area contributed by atoms with Gasteiger partial charge >= 0.3 is 5.91 Å². The first-order valence-corrected chi connectivity index (χ1v) is 11.1. The minimum Gasteiger partial charge on any atom is -0.507 e. The summed E-state index contributed by atoms with van der Waals surface area (Å²) in [5.41, 5.74) is 2.73. The van der Waals surface area contributed by atoms with Crippen LogP contribution in [0.5, 0.6) is 0 Å². The first kappa shape index (κ1) is 20.4. The number of ketones is 1. The number of hydrogen-bond acceptors (Lipinski definition) is 5. The van der Waals surface area contributed by atoms with Crippen molar-refractivity contribution in [3.63, 3.8) is 0 Å². The molecule has 1 fully saturated rings. The van der Waals surface area contributed by atoms with E-state index in [4.69, 9.17) is 11.6 Å². The highest BCUT2D eigenvalue weighted by Crippen LogP contribution is 2.45. The number of rotatable bonds is 3. The molecule has 1 saturated heterocycles. The molecule has 1 aliphatic rings. The van der Waals surface area contributed by atoms with Gasteiger partial charge < -0.3 is 5.11 Å². The molecule has 1 unspecified atom stereocenters. The Balaban J connectivity index is 1.75. The Bertz CT molecular complexity index is 1380. The standard InChI is InChI=1S/C25H17ClN2O3S/c1-14-10-12-15(13-11-14)22(29)20-21(16-6-2-3-7-17(16)26)28(24(31)23(20)30)25-27-18-8-4-5-9-19(18)32-25/h2-13,21,29H,1H3/b22-20+. The van der Waals surface area contributed by atoms with E-state index in [1.807, 2.05) is 43.3 Å². The van der Waals surface area contributed by atoms with Crippen molar-refractivity contribution < 1.29 is 14.7 Å². The molecule has 32 heavy (non-hydrogen) atoms. The lowest BCUT2D eigenvalue weighted by Crippen LogP contribution is -2.29. The van der Waals surface area contributed by atoms with E-state index in [9.17, 15) is 14.7 Å². The van der Waals surface area contributed by atoms with Gasteiger partial charge in [0.2, 0.25) is 0 Å². The number of aliphatic hydroxyl groups excluding tert-OH is 1. The second-order valence-electron chi connectivity index (χ2n) is 7.52. The number of fused-ring (bicyclic) bond motifs is 1. The summed E-state index contributed by atoms with van der Waals surface area (Å²) < 4.78 is 0.890. The number of nitrogens with zero attached hydrogens (tertiary/aromatic N) is 2. The quantitative estimate of drug-likeness (QED) is 0.235. The van der Waals surface area contributed by atoms with E-state index in [1.54, 1.807) is 36.4 Å². The molecule has 0 spiro atoms. The van der Waals surface area contributed by atoms with Crippen LogP contribution in [0.4, 0.5) is 5.13 Å². The van der Waals surface area contributed by atoms with E-state index in [0.717, 1.165) is 15.8 Å². The second kappa shape index (κ2) is 7.89. The van der Waals surface area contributed by atoms with Gasteiger partial charge in [0.25, 0.3) is 5.78 Å². The number of anilines is 1. The molecule has 3 aromatic carbocycles. The average Bonchev–Trinajstić information content (AvgIpc) is 3.33. The fourth-order valence-electron chi connectivity index (χ4n) is 3.85. The van der Waals surface area contributed by atoms with Crippen LogP contribution in [-0.4, -0.2) is 21.8 Å². The van der Waals surface area contributed by atoms with Gasteiger partial charge in [-0.15, -0.1) is 0 Å². The number of thiazole rings is 1. The zero-order chi connectivity index (χ0) is 22.4. The summed E-state index contributed by atoms with van der Waals surface area (Å²) in [6.07, 6.45) is 0. The number of aromatic nitrogens is 1. The molecule has 0 bridgehead atoms. The van der Waals surface area contributed by atoms with Crippen molar-refractivity contribution in [2.75, 3.05) is 4.90 Å². The van der Waals surface area contributed by atoms with Crippen LogP contribution in [0.15, 0.2) is 78.4 Å². The fraction of sp³-hybridized carbons (Fsp3) is 0.0800. The molecular weight excluding hydrogens is 444 g/mol. The Morgan fingerprint density at radius 3 is 2.41 bits per heavy atom. The highest BCUT2D eigenvalue weighted by atomic mass is 35.5. The maximum Gasteiger partial charge on any atom is 0.301 e. The van der Waals surface area contributed by atoms with Gasteiger partial charge in [-0.3, -0.25) is 14.5 Å². The molecule has 1 aliphatic heterocycles. The van der Waals surface area contributed by atoms with E-state index >= 15 is 0 Å². The summed E-state index contributed by atoms with van der Waals surface area (Å²) in [4.78, 5) is 32.4. The van der Waals surface area contributed by atoms with Crippen LogP contribution in [0.1, 0.15) is 22.7 Å². The van der Waals surface area contributed by atoms with E-state index in [0.29, 0.717) is 21.3 Å². The van der Waals surface area contributed by atoms with Crippen molar-refractivity contribution in [3.8, 4) is 0 Å². The molecular formula is C25H17ClN2O3S. The third kappa shape index (κ3) is 3.28. The summed E-state index contributed by atoms with van der Waals surface area (Å²) in [6.45, 7) is 1.93. The highest BCUT2D eigenvalue weighted by Gasteiger charge is 2.48. The number of carbonyl (C=O) groups is 2. The number of amides is 1. The van der Waals surface area contributed by atoms with Crippen LogP contribution >= 0.6 is 22.9 Å². The SMILES string of the molecule is Cc1ccc(/C(O)=C2\C(=O)C(=O)N(c3nc4ccccc4s3)C2c2ccccc2Cl)cc1. The summed E-state index contributed by atoms with van der Waals surface area (Å²) >= 11 is 7.81. The molecule has 2 heterocycles. The van der Waals surface area contributed by atoms with Crippen LogP contribution in [0.25, 0.3) is 16.0 Å². The zero-order valence-electron chi connectivity index (χ0n) is 16.9. The summed E-state index contributed by atoms with van der Waals surface area (Å²) in [6, 6.07) is 20.7. The molecule has 4 aromatic rings. The average molecular weight is 461 g/mol. The van der Waals surface area contributed by atoms with Gasteiger partial charge in [-0.25, -0.2) is 4.98 Å². The predicted molar refractivity (Wildman–Crippen MR) is 127 cm³/mol. The fourth-order valence-corrected chi connectivity index (χ4v) is 5.08. The first-order chi connectivity index (χ1) is 15.5. The van der Waals surface area contributed by atoms with Crippen molar-refractivity contribution in [2.24, 2.45) is 0 Å². The summed E-state index contributed by atoms with van der Waals surface area (Å²) in [5, 5.41) is 11.9. The molecule has 7 heteroatoms. The molecule has 1 atom stereocenters. The Hall–Kier alpha value is -3.48. The van der Waals surface area contributed by atoms with Gasteiger partial charge in [-0.1, -0.05) is 83.1 Å². The van der Waals surface area contributed by atoms with E-state index < -0.39 is 17.7 Å². The zero-order valence-corrected chi connectivity index (χ0v) is 18.5. The van der Waals surface area contributed by atoms with Crippen molar-refractivity contribution in [2.45, 2.75) is 13.0 Å². The molecule has 0 radical (unpaired) electrons. The third-order valence-corrected chi connectivity index (χ3v) is 6.84. The Morgan fingerprint density at radius 1 is 1.00 bits per heavy atom. The van der Waals surface area contributed by atoms with Crippen molar-refractivity contribution in [3.05, 3.63) is 100 Å². The number of aryl methyl sites for hydroxylation is 1. The lowest BCUT2D eigenvalue weighted by Gasteiger charge is -2.23. The number of hydrogen-bond donors (Lipinski definition) is 1. The van der Waals surface area contributed by atoms with E-state index in [2.05, 4.69) is 4.98 Å². The van der Waals surface area contributed by atoms with Crippen molar-refractivity contribution >= 4 is 55.7 Å². The Labute approximate surface area is 193 Å². The monoisotopic (exact) mass is 460 g/mol. The lowest BCUT2D eigenvalue weighted by molar-refractivity contribution is -0.132. The number of para-hydroxylation sites is 1. The number of benzene rings is 3. The van der Waals surface area contributed by atoms with Gasteiger partial charge in [-0.05, 0) is 30.7 Å². The molecule has 0 saturated carbocycles. The van der Waals surface area contributed by atoms with Gasteiger partial charge in [-0.2, -0.15) is 0 Å². The Kier molecular flexibility index (Phi) is 5.04. The minimum absolute atomic E-state index is 0.00814. The predicted octanol–water partition coefficient (Wildman–Crippen LogP) is 5.88. The summed E-state index contributed by atoms with van der Waals surface area (Å²) in [7, 11) is 0. The largest absolute Gasteiger partial charge is 0.507 e. The molecule has 0 aliphatic carbocycles. The Morgan fingerprint density at radius 2 is 1.69 bits per heavy atom. The number of Topliss-reactive ketones (excluding diaryl/α,β-unsaturated/α-hetero) is 1. The van der Waals surface area contributed by atoms with Gasteiger partial charge in [0, 0.05) is 10.6 Å². The maximum atomic E-state index is 13.2. The molecule has 1 aromatic heterocycles. The van der Waals surface area contributed by atoms with Crippen molar-refractivity contribution in [1.82, 2.24) is 4.98 Å². The van der Waals surface area contributed by atoms with Gasteiger partial charge in [0.15, 0.2) is 5.13 Å². The maximum absolute atomic E-state index is 13.2. The lowest BCUT2D eigenvalue weighted by atomic mass is 9.95. The molecule has 1 amide bonds. The molecule has 5 rings (SSSR count). The van der Waals surface area contributed by atoms with Crippen LogP contribution in [0, 0.1) is 6.92 Å². The summed E-state index contributed by atoms with van der Waals surface area (Å²) in [5.74, 6) is -1.76. The number of aliphatic hydroxyl groups is 1. The van der Waals surface area contributed by atoms with Crippen LogP contribution in [0.3, 0.4) is 0 Å². The highest BCUT2D eigenvalue weighted by molar-refractivity contribution is 7.22. The molecule has 5 nitrogen and oxygen atoms in total. The van der Waals surface area contributed by atoms with Crippen LogP contribution in [0.2, 0.25) is 5.02 Å². The first-order valence-electron chi connectivity index (χ1n) is 9.94. The molecule has 158 valence electrons. The normalized spacial score (nSPS) is 17.9. The van der Waals surface area contributed by atoms with Crippen LogP contribution < -0.4 is 4.90 Å². The number of halogens is 1. The topological polar surface area (TPSA) is 70.5 Å². The van der Waals surface area contributed by atoms with Crippen molar-refractivity contribution in [1.29, 1.82) is 0 Å². The third-order valence-electron chi connectivity index (χ3n) is 5.46. The second-order valence-corrected chi connectivity index (χ2v) is 8.94. The van der Waals surface area contributed by atoms with E-state index in [-0.39, 0.29) is 11.3 Å². The van der Waals surface area contributed by atoms with Crippen LogP contribution in [-0.2, 0) is 9.59 Å². The van der Waals surface area contributed by atoms with E-state index in [1.165, 1.54) is 16.2 Å². The minimum atomic E-state index is -0.898. The number of carbonyl (C=O) groups excluding carboxylic acids is 2. The molecule has 1 N–H and O–H groups in total. The van der Waals surface area contributed by atoms with Gasteiger partial charge in [0.1, 0.15) is 5.76 Å². The smallest absolute Gasteiger partial charge is 0.301 e.